The highest BCUT2D eigenvalue weighted by atomic mass is 32.2. The predicted molar refractivity (Wildman–Crippen MR) is 236 cm³/mol. The number of likely N-dealkylation sites (tertiary alicyclic amines) is 1. The van der Waals surface area contributed by atoms with Crippen LogP contribution in [0.3, 0.4) is 0 Å². The molecule has 16 heteroatoms. The molecule has 2 atom stereocenters. The van der Waals surface area contributed by atoms with Crippen molar-refractivity contribution in [1.29, 1.82) is 0 Å². The van der Waals surface area contributed by atoms with E-state index >= 15 is 0 Å². The smallest absolute Gasteiger partial charge is 0.241 e. The lowest BCUT2D eigenvalue weighted by Crippen LogP contribution is -2.56. The number of hydrogen-bond donors (Lipinski definition) is 1. The molecule has 2 amide bonds. The van der Waals surface area contributed by atoms with Crippen molar-refractivity contribution in [2.24, 2.45) is 10.2 Å². The molecule has 6 heterocycles. The molecular formula is C47H46F4N6O4S2. The first kappa shape index (κ1) is 43.0. The molecule has 328 valence electrons. The van der Waals surface area contributed by atoms with Gasteiger partial charge in [0.15, 0.2) is 0 Å². The summed E-state index contributed by atoms with van der Waals surface area (Å²) >= 11 is 2.61. The number of ether oxygens (including phenoxy) is 2. The van der Waals surface area contributed by atoms with Crippen molar-refractivity contribution in [1.82, 2.24) is 20.2 Å². The Balaban J connectivity index is 0.000000161. The van der Waals surface area contributed by atoms with E-state index in [2.05, 4.69) is 27.0 Å². The molecule has 6 aliphatic heterocycles. The van der Waals surface area contributed by atoms with Gasteiger partial charge in [0.1, 0.15) is 65.8 Å². The van der Waals surface area contributed by atoms with Gasteiger partial charge in [-0.25, -0.2) is 27.6 Å². The third-order valence-corrected chi connectivity index (χ3v) is 15.4. The van der Waals surface area contributed by atoms with Crippen molar-refractivity contribution in [3.8, 4) is 11.5 Å². The lowest BCUT2D eigenvalue weighted by molar-refractivity contribution is -0.136. The molecule has 0 aliphatic carbocycles. The molecule has 63 heavy (non-hydrogen) atoms. The molecule has 4 spiro atoms. The molecule has 0 bridgehead atoms. The minimum absolute atomic E-state index is 0.0539. The van der Waals surface area contributed by atoms with Crippen LogP contribution in [0, 0.1) is 23.3 Å². The topological polar surface area (TPSA) is 99.1 Å². The number of nitrogens with zero attached hydrogens (tertiary/aromatic N) is 5. The zero-order valence-corrected chi connectivity index (χ0v) is 36.7. The van der Waals surface area contributed by atoms with E-state index in [4.69, 9.17) is 9.47 Å². The number of rotatable bonds is 3. The molecule has 0 saturated carbocycles. The van der Waals surface area contributed by atoms with E-state index in [-0.39, 0.29) is 28.0 Å². The molecule has 2 unspecified atom stereocenters. The standard InChI is InChI=1S/C25H25F2N3O2S.C22H21F2N3O2S/c1-16(2)29-12-10-24(11-13-29)15-25(20-6-4-5-7-22(20)32-24)30(17(3)31)28-23(33-25)19-14-18(26)8-9-21(19)27;1-14(28)27-22(30-20(26-27)16-12-15(23)6-7-18(16)24)13-21(8-10-25-11-9-21)29-19-5-3-2-4-17(19)22/h4-9,14H,1,10-13,15H2,2-3H3;2-7,12,25H,8-11,13H2,1H3. The SMILES string of the molecule is C=C(C)N1CCC2(CC1)CC1(SC(c3cc(F)ccc3F)=NN1C(C)=O)c1ccccc1O2.CC(=O)N1N=C(c2cc(F)ccc2F)SC12CC1(CCNCC1)Oc1ccccc12. The predicted octanol–water partition coefficient (Wildman–Crippen LogP) is 9.20. The van der Waals surface area contributed by atoms with Gasteiger partial charge < -0.3 is 19.7 Å². The molecule has 4 aromatic carbocycles. The number of benzene rings is 4. The minimum atomic E-state index is -0.903. The third kappa shape index (κ3) is 7.67. The number of nitrogens with one attached hydrogen (secondary N) is 1. The van der Waals surface area contributed by atoms with Gasteiger partial charge in [0.05, 0.1) is 0 Å². The number of fused-ring (bicyclic) bond motifs is 4. The highest BCUT2D eigenvalue weighted by molar-refractivity contribution is 8.15. The fourth-order valence-corrected chi connectivity index (χ4v) is 12.8. The van der Waals surface area contributed by atoms with Gasteiger partial charge in [-0.3, -0.25) is 9.59 Å². The van der Waals surface area contributed by atoms with Gasteiger partial charge in [0.25, 0.3) is 0 Å². The second-order valence-corrected chi connectivity index (χ2v) is 19.4. The van der Waals surface area contributed by atoms with E-state index in [1.54, 1.807) is 0 Å². The fourth-order valence-electron chi connectivity index (χ4n) is 9.64. The van der Waals surface area contributed by atoms with E-state index < -0.39 is 44.2 Å². The molecule has 0 radical (unpaired) electrons. The van der Waals surface area contributed by atoms with Crippen LogP contribution < -0.4 is 14.8 Å². The highest BCUT2D eigenvalue weighted by Crippen LogP contribution is 2.60. The maximum absolute atomic E-state index is 14.7. The van der Waals surface area contributed by atoms with E-state index in [0.29, 0.717) is 29.4 Å². The number of hydrogen-bond acceptors (Lipinski definition) is 10. The van der Waals surface area contributed by atoms with Gasteiger partial charge in [-0.05, 0) is 81.4 Å². The largest absolute Gasteiger partial charge is 0.487 e. The van der Waals surface area contributed by atoms with Gasteiger partial charge in [0, 0.05) is 80.6 Å². The lowest BCUT2D eigenvalue weighted by atomic mass is 9.79. The first-order chi connectivity index (χ1) is 30.2. The zero-order valence-electron chi connectivity index (χ0n) is 35.1. The molecule has 10 nitrogen and oxygen atoms in total. The van der Waals surface area contributed by atoms with Crippen molar-refractivity contribution in [2.45, 2.75) is 80.2 Å². The Morgan fingerprint density at radius 1 is 0.651 bits per heavy atom. The van der Waals surface area contributed by atoms with Crippen LogP contribution in [0.15, 0.2) is 107 Å². The van der Waals surface area contributed by atoms with Crippen molar-refractivity contribution >= 4 is 45.4 Å². The molecule has 1 N–H and O–H groups in total. The number of piperidine rings is 2. The number of carbonyl (C=O) groups is 2. The van der Waals surface area contributed by atoms with Gasteiger partial charge in [0.2, 0.25) is 11.8 Å². The van der Waals surface area contributed by atoms with Gasteiger partial charge in [-0.1, -0.05) is 66.5 Å². The molecule has 2 fully saturated rings. The van der Waals surface area contributed by atoms with E-state index in [0.717, 1.165) is 105 Å². The lowest BCUT2D eigenvalue weighted by Gasteiger charge is -2.51. The second kappa shape index (κ2) is 16.3. The Morgan fingerprint density at radius 3 is 1.51 bits per heavy atom. The highest BCUT2D eigenvalue weighted by Gasteiger charge is 2.60. The number of allylic oxidation sites excluding steroid dienone is 1. The molecule has 2 saturated heterocycles. The quantitative estimate of drug-likeness (QED) is 0.204. The first-order valence-electron chi connectivity index (χ1n) is 20.9. The molecule has 4 aromatic rings. The van der Waals surface area contributed by atoms with E-state index in [1.807, 2.05) is 55.5 Å². The summed E-state index contributed by atoms with van der Waals surface area (Å²) in [5.74, 6) is -1.36. The Labute approximate surface area is 371 Å². The number of thioether (sulfide) groups is 2. The van der Waals surface area contributed by atoms with Crippen molar-refractivity contribution in [3.05, 3.63) is 143 Å². The molecule has 6 aliphatic rings. The number of carbonyl (C=O) groups excluding carboxylic acids is 2. The van der Waals surface area contributed by atoms with Crippen LogP contribution in [0.25, 0.3) is 0 Å². The summed E-state index contributed by atoms with van der Waals surface area (Å²) in [5, 5.41) is 15.8. The van der Waals surface area contributed by atoms with Gasteiger partial charge in [-0.15, -0.1) is 0 Å². The Morgan fingerprint density at radius 2 is 1.08 bits per heavy atom. The van der Waals surface area contributed by atoms with Gasteiger partial charge in [-0.2, -0.15) is 10.2 Å². The summed E-state index contributed by atoms with van der Waals surface area (Å²) in [6, 6.07) is 21.8. The van der Waals surface area contributed by atoms with Crippen LogP contribution in [-0.2, 0) is 19.3 Å². The van der Waals surface area contributed by atoms with E-state index in [1.165, 1.54) is 47.4 Å². The molecule has 0 aromatic heterocycles. The third-order valence-electron chi connectivity index (χ3n) is 12.6. The summed E-state index contributed by atoms with van der Waals surface area (Å²) in [7, 11) is 0. The number of hydrazone groups is 2. The number of para-hydroxylation sites is 2. The monoisotopic (exact) mass is 898 g/mol. The minimum Gasteiger partial charge on any atom is -0.487 e. The Kier molecular flexibility index (Phi) is 11.1. The van der Waals surface area contributed by atoms with E-state index in [9.17, 15) is 27.2 Å². The summed E-state index contributed by atoms with van der Waals surface area (Å²) in [6.45, 7) is 12.2. The Hall–Kier alpha value is -5.32. The van der Waals surface area contributed by atoms with Crippen molar-refractivity contribution in [2.75, 3.05) is 26.2 Å². The van der Waals surface area contributed by atoms with Crippen LogP contribution in [0.4, 0.5) is 17.6 Å². The Bertz CT molecular complexity index is 2580. The maximum Gasteiger partial charge on any atom is 0.241 e. The van der Waals surface area contributed by atoms with Gasteiger partial charge >= 0.3 is 0 Å². The molecular weight excluding hydrogens is 853 g/mol. The zero-order chi connectivity index (χ0) is 44.3. The van der Waals surface area contributed by atoms with Crippen LogP contribution in [0.5, 0.6) is 11.5 Å². The average molecular weight is 899 g/mol. The van der Waals surface area contributed by atoms with Crippen LogP contribution in [0.2, 0.25) is 0 Å². The fraction of sp³-hybridized carbons (Fsp3) is 0.362. The van der Waals surface area contributed by atoms with Crippen molar-refractivity contribution < 1.29 is 36.6 Å². The van der Waals surface area contributed by atoms with Crippen LogP contribution in [-0.4, -0.2) is 74.2 Å². The maximum atomic E-state index is 14.7. The summed E-state index contributed by atoms with van der Waals surface area (Å²) < 4.78 is 70.1. The summed E-state index contributed by atoms with van der Waals surface area (Å²) in [5.41, 5.74) is 1.81. The normalized spacial score (nSPS) is 23.9. The number of halogens is 4. The van der Waals surface area contributed by atoms with Crippen molar-refractivity contribution in [3.63, 3.8) is 0 Å². The first-order valence-corrected chi connectivity index (χ1v) is 22.5. The number of amides is 2. The molecule has 10 rings (SSSR count). The summed E-state index contributed by atoms with van der Waals surface area (Å²) in [4.78, 5) is 26.0. The van der Waals surface area contributed by atoms with Crippen LogP contribution >= 0.6 is 23.5 Å². The van der Waals surface area contributed by atoms with Crippen LogP contribution in [0.1, 0.15) is 81.5 Å². The average Bonchev–Trinajstić information content (AvgIpc) is 3.83. The second-order valence-electron chi connectivity index (χ2n) is 16.9. The summed E-state index contributed by atoms with van der Waals surface area (Å²) in [6.07, 6.45) is 4.11.